The van der Waals surface area contributed by atoms with Gasteiger partial charge in [0, 0.05) is 5.56 Å². The van der Waals surface area contributed by atoms with Crippen LogP contribution in [-0.4, -0.2) is 25.7 Å². The second kappa shape index (κ2) is 8.78. The van der Waals surface area contributed by atoms with Gasteiger partial charge >= 0.3 is 0 Å². The average Bonchev–Trinajstić information content (AvgIpc) is 3.33. The SMILES string of the molecule is CCCCCCOc1ccc(CN2C(=O)C3(OCCO3)c3c(C)ccc(C)c32)cc1. The van der Waals surface area contributed by atoms with E-state index in [4.69, 9.17) is 14.2 Å². The Balaban J connectivity index is 1.51. The fraction of sp³-hybridized carbons (Fsp3) is 0.480. The van der Waals surface area contributed by atoms with Crippen molar-refractivity contribution in [1.29, 1.82) is 0 Å². The highest BCUT2D eigenvalue weighted by Gasteiger charge is 2.57. The molecule has 0 aliphatic carbocycles. The Morgan fingerprint density at radius 2 is 1.67 bits per heavy atom. The fourth-order valence-electron chi connectivity index (χ4n) is 4.37. The van der Waals surface area contributed by atoms with E-state index >= 15 is 0 Å². The molecule has 2 aliphatic heterocycles. The van der Waals surface area contributed by atoms with Crippen LogP contribution < -0.4 is 9.64 Å². The molecule has 1 fully saturated rings. The third kappa shape index (κ3) is 3.72. The molecule has 1 spiro atoms. The Hall–Kier alpha value is -2.37. The lowest BCUT2D eigenvalue weighted by molar-refractivity contribution is -0.181. The number of carbonyl (C=O) groups excluding carboxylic acids is 1. The lowest BCUT2D eigenvalue weighted by Crippen LogP contribution is -2.41. The fourth-order valence-corrected chi connectivity index (χ4v) is 4.37. The summed E-state index contributed by atoms with van der Waals surface area (Å²) >= 11 is 0. The molecule has 0 N–H and O–H groups in total. The van der Waals surface area contributed by atoms with Crippen LogP contribution in [0.25, 0.3) is 0 Å². The third-order valence-electron chi connectivity index (χ3n) is 5.94. The molecule has 4 rings (SSSR count). The Kier molecular flexibility index (Phi) is 6.11. The standard InChI is InChI=1S/C25H31NO4/c1-4-5-6-7-14-28-21-12-10-20(11-13-21)17-26-23-19(3)9-8-18(2)22(23)25(24(26)27)29-15-16-30-25/h8-13H,4-7,14-17H2,1-3H3. The molecule has 5 heteroatoms. The van der Waals surface area contributed by atoms with E-state index in [1.165, 1.54) is 19.3 Å². The summed E-state index contributed by atoms with van der Waals surface area (Å²) in [6, 6.07) is 12.1. The maximum atomic E-state index is 13.4. The van der Waals surface area contributed by atoms with E-state index in [1.807, 2.05) is 49.1 Å². The van der Waals surface area contributed by atoms with Gasteiger partial charge in [-0.1, -0.05) is 50.5 Å². The molecule has 0 radical (unpaired) electrons. The van der Waals surface area contributed by atoms with Crippen molar-refractivity contribution in [3.05, 3.63) is 58.7 Å². The highest BCUT2D eigenvalue weighted by molar-refractivity contribution is 6.07. The first-order valence-electron chi connectivity index (χ1n) is 11.0. The molecule has 2 aromatic rings. The number of fused-ring (bicyclic) bond motifs is 2. The van der Waals surface area contributed by atoms with Gasteiger partial charge in [-0.2, -0.15) is 0 Å². The molecule has 1 amide bonds. The molecule has 0 atom stereocenters. The number of carbonyl (C=O) groups is 1. The zero-order valence-electron chi connectivity index (χ0n) is 18.2. The van der Waals surface area contributed by atoms with Crippen LogP contribution in [0.4, 0.5) is 5.69 Å². The molecule has 5 nitrogen and oxygen atoms in total. The van der Waals surface area contributed by atoms with Crippen LogP contribution in [0.2, 0.25) is 0 Å². The molecule has 1 saturated heterocycles. The van der Waals surface area contributed by atoms with Crippen molar-refractivity contribution in [2.75, 3.05) is 24.7 Å². The number of rotatable bonds is 8. The van der Waals surface area contributed by atoms with Gasteiger partial charge in [0.2, 0.25) is 0 Å². The van der Waals surface area contributed by atoms with Gasteiger partial charge in [-0.3, -0.25) is 4.79 Å². The largest absolute Gasteiger partial charge is 0.494 e. The van der Waals surface area contributed by atoms with E-state index in [2.05, 4.69) is 13.0 Å². The first kappa shape index (κ1) is 20.9. The minimum absolute atomic E-state index is 0.136. The van der Waals surface area contributed by atoms with E-state index in [0.717, 1.165) is 46.7 Å². The Bertz CT molecular complexity index is 900. The van der Waals surface area contributed by atoms with Gasteiger partial charge in [-0.15, -0.1) is 0 Å². The summed E-state index contributed by atoms with van der Waals surface area (Å²) in [5, 5.41) is 0. The Labute approximate surface area is 178 Å². The van der Waals surface area contributed by atoms with Crippen molar-refractivity contribution >= 4 is 11.6 Å². The number of aryl methyl sites for hydroxylation is 2. The quantitative estimate of drug-likeness (QED) is 0.575. The minimum Gasteiger partial charge on any atom is -0.494 e. The maximum Gasteiger partial charge on any atom is 0.292 e. The molecule has 0 bridgehead atoms. The highest BCUT2D eigenvalue weighted by Crippen LogP contribution is 2.49. The van der Waals surface area contributed by atoms with Gasteiger partial charge in [-0.25, -0.2) is 0 Å². The number of nitrogens with zero attached hydrogens (tertiary/aromatic N) is 1. The van der Waals surface area contributed by atoms with E-state index < -0.39 is 5.79 Å². The predicted molar refractivity (Wildman–Crippen MR) is 117 cm³/mol. The molecule has 0 aromatic heterocycles. The van der Waals surface area contributed by atoms with Gasteiger partial charge in [0.25, 0.3) is 11.7 Å². The van der Waals surface area contributed by atoms with E-state index in [1.54, 1.807) is 0 Å². The van der Waals surface area contributed by atoms with Crippen LogP contribution in [0.1, 0.15) is 54.9 Å². The molecule has 0 saturated carbocycles. The normalized spacial score (nSPS) is 17.0. The summed E-state index contributed by atoms with van der Waals surface area (Å²) in [4.78, 5) is 15.3. The summed E-state index contributed by atoms with van der Waals surface area (Å²) in [7, 11) is 0. The number of amides is 1. The van der Waals surface area contributed by atoms with Gasteiger partial charge in [0.15, 0.2) is 0 Å². The van der Waals surface area contributed by atoms with Gasteiger partial charge in [-0.05, 0) is 49.1 Å². The zero-order valence-corrected chi connectivity index (χ0v) is 18.2. The van der Waals surface area contributed by atoms with Gasteiger partial charge in [0.05, 0.1) is 32.1 Å². The van der Waals surface area contributed by atoms with Crippen LogP contribution in [0, 0.1) is 13.8 Å². The van der Waals surface area contributed by atoms with Crippen molar-refractivity contribution in [3.63, 3.8) is 0 Å². The lowest BCUT2D eigenvalue weighted by atomic mass is 9.98. The number of ether oxygens (including phenoxy) is 3. The number of anilines is 1. The van der Waals surface area contributed by atoms with Crippen LogP contribution in [0.3, 0.4) is 0 Å². The number of hydrogen-bond donors (Lipinski definition) is 0. The number of hydrogen-bond acceptors (Lipinski definition) is 4. The summed E-state index contributed by atoms with van der Waals surface area (Å²) in [6.45, 7) is 8.32. The Morgan fingerprint density at radius 1 is 0.967 bits per heavy atom. The predicted octanol–water partition coefficient (Wildman–Crippen LogP) is 5.01. The molecule has 0 unspecified atom stereocenters. The highest BCUT2D eigenvalue weighted by atomic mass is 16.7. The van der Waals surface area contributed by atoms with Crippen molar-refractivity contribution in [3.8, 4) is 5.75 Å². The van der Waals surface area contributed by atoms with Crippen molar-refractivity contribution in [2.24, 2.45) is 0 Å². The average molecular weight is 410 g/mol. The number of benzene rings is 2. The minimum atomic E-state index is -1.28. The van der Waals surface area contributed by atoms with Crippen LogP contribution in [0.5, 0.6) is 5.75 Å². The molecular formula is C25H31NO4. The molecule has 2 heterocycles. The molecular weight excluding hydrogens is 378 g/mol. The van der Waals surface area contributed by atoms with E-state index in [9.17, 15) is 4.79 Å². The van der Waals surface area contributed by atoms with Gasteiger partial charge in [0.1, 0.15) is 5.75 Å². The van der Waals surface area contributed by atoms with Crippen LogP contribution in [0.15, 0.2) is 36.4 Å². The monoisotopic (exact) mass is 409 g/mol. The smallest absolute Gasteiger partial charge is 0.292 e. The first-order valence-corrected chi connectivity index (χ1v) is 11.0. The topological polar surface area (TPSA) is 48.0 Å². The van der Waals surface area contributed by atoms with E-state index in [0.29, 0.717) is 19.8 Å². The third-order valence-corrected chi connectivity index (χ3v) is 5.94. The molecule has 2 aromatic carbocycles. The second-order valence-electron chi connectivity index (χ2n) is 8.18. The van der Waals surface area contributed by atoms with Crippen molar-refractivity contribution in [1.82, 2.24) is 0 Å². The van der Waals surface area contributed by atoms with Crippen LogP contribution in [-0.2, 0) is 26.6 Å². The maximum absolute atomic E-state index is 13.4. The first-order chi connectivity index (χ1) is 14.6. The number of unbranched alkanes of at least 4 members (excludes halogenated alkanes) is 3. The summed E-state index contributed by atoms with van der Waals surface area (Å²) in [5.74, 6) is -0.550. The lowest BCUT2D eigenvalue weighted by Gasteiger charge is -2.22. The second-order valence-corrected chi connectivity index (χ2v) is 8.18. The molecule has 2 aliphatic rings. The van der Waals surface area contributed by atoms with Crippen molar-refractivity contribution in [2.45, 2.75) is 58.8 Å². The molecule has 30 heavy (non-hydrogen) atoms. The van der Waals surface area contributed by atoms with Crippen molar-refractivity contribution < 1.29 is 19.0 Å². The van der Waals surface area contributed by atoms with Gasteiger partial charge < -0.3 is 19.1 Å². The summed E-state index contributed by atoms with van der Waals surface area (Å²) < 4.78 is 17.6. The Morgan fingerprint density at radius 3 is 2.37 bits per heavy atom. The molecule has 160 valence electrons. The summed E-state index contributed by atoms with van der Waals surface area (Å²) in [6.07, 6.45) is 4.76. The summed E-state index contributed by atoms with van der Waals surface area (Å²) in [5.41, 5.74) is 4.88. The van der Waals surface area contributed by atoms with E-state index in [-0.39, 0.29) is 5.91 Å². The van der Waals surface area contributed by atoms with Crippen LogP contribution >= 0.6 is 0 Å². The zero-order chi connectivity index (χ0) is 21.1.